The lowest BCUT2D eigenvalue weighted by Crippen LogP contribution is -2.43. The van der Waals surface area contributed by atoms with E-state index in [0.29, 0.717) is 22.8 Å². The van der Waals surface area contributed by atoms with E-state index in [9.17, 15) is 9.59 Å². The number of nitrogens with one attached hydrogen (secondary N) is 1. The Kier molecular flexibility index (Phi) is 4.74. The van der Waals surface area contributed by atoms with Gasteiger partial charge in [-0.1, -0.05) is 6.07 Å². The average molecular weight is 326 g/mol. The molecule has 1 aliphatic heterocycles. The van der Waals surface area contributed by atoms with Gasteiger partial charge in [-0.25, -0.2) is 4.98 Å². The van der Waals surface area contributed by atoms with Crippen molar-refractivity contribution in [2.45, 2.75) is 45.6 Å². The molecule has 0 unspecified atom stereocenters. The van der Waals surface area contributed by atoms with Crippen LogP contribution >= 0.6 is 0 Å². The molecule has 0 radical (unpaired) electrons. The van der Waals surface area contributed by atoms with Crippen LogP contribution in [0.25, 0.3) is 11.5 Å². The minimum Gasteiger partial charge on any atom is -0.340 e. The molecule has 0 aromatic carbocycles. The second-order valence-corrected chi connectivity index (χ2v) is 6.30. The zero-order chi connectivity index (χ0) is 17.1. The predicted octanol–water partition coefficient (Wildman–Crippen LogP) is 2.08. The molecule has 2 aromatic rings. The minimum absolute atomic E-state index is 0.00295. The Hall–Kier alpha value is -2.50. The number of aryl methyl sites for hydroxylation is 1. The van der Waals surface area contributed by atoms with Crippen LogP contribution in [0.5, 0.6) is 0 Å². The molecule has 3 rings (SSSR count). The SMILES string of the molecule is Cc1nc(-c2ccccn2)[nH]c(=O)c1CC(=O)N1CCCC[C@H]1C. The topological polar surface area (TPSA) is 79.0 Å². The van der Waals surface area contributed by atoms with Crippen LogP contribution in [0.3, 0.4) is 0 Å². The second kappa shape index (κ2) is 6.95. The van der Waals surface area contributed by atoms with E-state index in [1.165, 1.54) is 0 Å². The number of piperidine rings is 1. The first-order valence-corrected chi connectivity index (χ1v) is 8.37. The third-order valence-corrected chi connectivity index (χ3v) is 4.58. The Morgan fingerprint density at radius 1 is 1.38 bits per heavy atom. The molecule has 2 aromatic heterocycles. The van der Waals surface area contributed by atoms with Crippen molar-refractivity contribution in [3.8, 4) is 11.5 Å². The first-order chi connectivity index (χ1) is 11.6. The Balaban J connectivity index is 1.84. The lowest BCUT2D eigenvalue weighted by molar-refractivity contribution is -0.133. The molecular formula is C18H22N4O2. The summed E-state index contributed by atoms with van der Waals surface area (Å²) in [6.45, 7) is 4.61. The largest absolute Gasteiger partial charge is 0.340 e. The molecule has 24 heavy (non-hydrogen) atoms. The molecule has 1 aliphatic rings. The molecule has 6 heteroatoms. The van der Waals surface area contributed by atoms with Gasteiger partial charge in [0.25, 0.3) is 5.56 Å². The van der Waals surface area contributed by atoms with Crippen LogP contribution in [-0.4, -0.2) is 38.3 Å². The molecule has 1 atom stereocenters. The fourth-order valence-electron chi connectivity index (χ4n) is 3.16. The number of likely N-dealkylation sites (tertiary alicyclic amines) is 1. The van der Waals surface area contributed by atoms with Gasteiger partial charge >= 0.3 is 0 Å². The summed E-state index contributed by atoms with van der Waals surface area (Å²) in [5, 5.41) is 0. The zero-order valence-electron chi connectivity index (χ0n) is 14.1. The summed E-state index contributed by atoms with van der Waals surface area (Å²) in [4.78, 5) is 38.3. The van der Waals surface area contributed by atoms with Gasteiger partial charge in [0.05, 0.1) is 6.42 Å². The van der Waals surface area contributed by atoms with Crippen molar-refractivity contribution in [3.05, 3.63) is 46.0 Å². The molecule has 1 saturated heterocycles. The van der Waals surface area contributed by atoms with Crippen molar-refractivity contribution < 1.29 is 4.79 Å². The molecular weight excluding hydrogens is 304 g/mol. The lowest BCUT2D eigenvalue weighted by Gasteiger charge is -2.33. The summed E-state index contributed by atoms with van der Waals surface area (Å²) in [6.07, 6.45) is 4.96. The predicted molar refractivity (Wildman–Crippen MR) is 91.6 cm³/mol. The molecule has 0 spiro atoms. The van der Waals surface area contributed by atoms with Gasteiger partial charge in [-0.15, -0.1) is 0 Å². The fourth-order valence-corrected chi connectivity index (χ4v) is 3.16. The van der Waals surface area contributed by atoms with E-state index in [-0.39, 0.29) is 23.9 Å². The molecule has 1 N–H and O–H groups in total. The van der Waals surface area contributed by atoms with E-state index in [0.717, 1.165) is 25.8 Å². The van der Waals surface area contributed by atoms with Crippen LogP contribution in [-0.2, 0) is 11.2 Å². The van der Waals surface area contributed by atoms with E-state index in [1.54, 1.807) is 25.3 Å². The summed E-state index contributed by atoms with van der Waals surface area (Å²) < 4.78 is 0. The quantitative estimate of drug-likeness (QED) is 0.936. The highest BCUT2D eigenvalue weighted by Crippen LogP contribution is 2.18. The van der Waals surface area contributed by atoms with E-state index < -0.39 is 0 Å². The van der Waals surface area contributed by atoms with Gasteiger partial charge in [-0.3, -0.25) is 14.6 Å². The number of hydrogen-bond acceptors (Lipinski definition) is 4. The number of nitrogens with zero attached hydrogens (tertiary/aromatic N) is 3. The number of hydrogen-bond donors (Lipinski definition) is 1. The van der Waals surface area contributed by atoms with Crippen LogP contribution in [0, 0.1) is 6.92 Å². The van der Waals surface area contributed by atoms with Gasteiger partial charge in [0.2, 0.25) is 5.91 Å². The maximum Gasteiger partial charge on any atom is 0.255 e. The van der Waals surface area contributed by atoms with Crippen molar-refractivity contribution in [2.75, 3.05) is 6.54 Å². The van der Waals surface area contributed by atoms with Crippen molar-refractivity contribution in [1.82, 2.24) is 19.9 Å². The van der Waals surface area contributed by atoms with Crippen molar-refractivity contribution in [2.24, 2.45) is 0 Å². The zero-order valence-corrected chi connectivity index (χ0v) is 14.1. The van der Waals surface area contributed by atoms with E-state index in [2.05, 4.69) is 21.9 Å². The van der Waals surface area contributed by atoms with Crippen molar-refractivity contribution in [3.63, 3.8) is 0 Å². The first kappa shape index (κ1) is 16.4. The maximum atomic E-state index is 12.6. The number of aromatic nitrogens is 3. The summed E-state index contributed by atoms with van der Waals surface area (Å²) in [6, 6.07) is 5.68. The van der Waals surface area contributed by atoms with Crippen LogP contribution in [0.2, 0.25) is 0 Å². The monoisotopic (exact) mass is 326 g/mol. The number of amides is 1. The third kappa shape index (κ3) is 3.37. The lowest BCUT2D eigenvalue weighted by atomic mass is 10.0. The smallest absolute Gasteiger partial charge is 0.255 e. The molecule has 6 nitrogen and oxygen atoms in total. The van der Waals surface area contributed by atoms with Crippen LogP contribution in [0.1, 0.15) is 37.4 Å². The number of aromatic amines is 1. The highest BCUT2D eigenvalue weighted by Gasteiger charge is 2.24. The van der Waals surface area contributed by atoms with Gasteiger partial charge in [0.15, 0.2) is 5.82 Å². The van der Waals surface area contributed by atoms with E-state index in [4.69, 9.17) is 0 Å². The Morgan fingerprint density at radius 2 is 2.21 bits per heavy atom. The Bertz CT molecular complexity index is 785. The summed E-state index contributed by atoms with van der Waals surface area (Å²) in [5.41, 5.74) is 1.37. The number of H-pyrrole nitrogens is 1. The second-order valence-electron chi connectivity index (χ2n) is 6.30. The van der Waals surface area contributed by atoms with E-state index >= 15 is 0 Å². The van der Waals surface area contributed by atoms with Gasteiger partial charge < -0.3 is 9.88 Å². The third-order valence-electron chi connectivity index (χ3n) is 4.58. The van der Waals surface area contributed by atoms with Gasteiger partial charge in [0, 0.05) is 30.0 Å². The van der Waals surface area contributed by atoms with Crippen LogP contribution in [0.15, 0.2) is 29.2 Å². The van der Waals surface area contributed by atoms with Crippen molar-refractivity contribution >= 4 is 5.91 Å². The van der Waals surface area contributed by atoms with Gasteiger partial charge in [-0.05, 0) is 45.2 Å². The maximum absolute atomic E-state index is 12.6. The highest BCUT2D eigenvalue weighted by molar-refractivity contribution is 5.79. The molecule has 0 aliphatic carbocycles. The van der Waals surface area contributed by atoms with E-state index in [1.807, 2.05) is 11.0 Å². The molecule has 3 heterocycles. The first-order valence-electron chi connectivity index (χ1n) is 8.37. The summed E-state index contributed by atoms with van der Waals surface area (Å²) in [5.74, 6) is 0.434. The summed E-state index contributed by atoms with van der Waals surface area (Å²) >= 11 is 0. The van der Waals surface area contributed by atoms with Crippen LogP contribution in [0.4, 0.5) is 0 Å². The number of carbonyl (C=O) groups excluding carboxylic acids is 1. The average Bonchev–Trinajstić information content (AvgIpc) is 2.59. The number of carbonyl (C=O) groups is 1. The molecule has 1 fully saturated rings. The fraction of sp³-hybridized carbons (Fsp3) is 0.444. The Labute approximate surface area is 141 Å². The van der Waals surface area contributed by atoms with Gasteiger partial charge in [-0.2, -0.15) is 0 Å². The van der Waals surface area contributed by atoms with Gasteiger partial charge in [0.1, 0.15) is 5.69 Å². The minimum atomic E-state index is -0.263. The normalized spacial score (nSPS) is 17.8. The molecule has 0 bridgehead atoms. The van der Waals surface area contributed by atoms with Crippen molar-refractivity contribution in [1.29, 1.82) is 0 Å². The standard InChI is InChI=1S/C18H22N4O2/c1-12-7-4-6-10-22(12)16(23)11-14-13(2)20-17(21-18(14)24)15-8-3-5-9-19-15/h3,5,8-9,12H,4,6-7,10-11H2,1-2H3,(H,20,21,24)/t12-/m1/s1. The molecule has 1 amide bonds. The Morgan fingerprint density at radius 3 is 2.88 bits per heavy atom. The number of pyridine rings is 1. The van der Waals surface area contributed by atoms with Crippen LogP contribution < -0.4 is 5.56 Å². The summed E-state index contributed by atoms with van der Waals surface area (Å²) in [7, 11) is 0. The highest BCUT2D eigenvalue weighted by atomic mass is 16.2. The molecule has 126 valence electrons. The number of rotatable bonds is 3. The molecule has 0 saturated carbocycles.